The Bertz CT molecular complexity index is 1190. The number of Topliss-reactive ketones (excluding diaryl/α,β-unsaturated/α-hetero) is 1. The molecule has 31 heavy (non-hydrogen) atoms. The molecular weight excluding hydrogens is 471 g/mol. The number of hydrogen-bond acceptors (Lipinski definition) is 3. The van der Waals surface area contributed by atoms with Gasteiger partial charge in [0.05, 0.1) is 22.4 Å². The van der Waals surface area contributed by atoms with E-state index in [0.717, 1.165) is 27.7 Å². The highest BCUT2D eigenvalue weighted by atomic mass is 79.9. The molecule has 1 heterocycles. The zero-order valence-electron chi connectivity index (χ0n) is 17.3. The molecule has 0 spiro atoms. The van der Waals surface area contributed by atoms with Crippen LogP contribution < -0.4 is 0 Å². The van der Waals surface area contributed by atoms with Gasteiger partial charge in [-0.05, 0) is 80.6 Å². The largest absolute Gasteiger partial charge is 0.460 e. The number of carbonyl (C=O) groups excluding carboxylic acids is 1. The Morgan fingerprint density at radius 3 is 2.10 bits per heavy atom. The summed E-state index contributed by atoms with van der Waals surface area (Å²) in [5.41, 5.74) is 2.95. The summed E-state index contributed by atoms with van der Waals surface area (Å²) in [4.78, 5) is 16.3. The van der Waals surface area contributed by atoms with Crippen molar-refractivity contribution in [3.63, 3.8) is 0 Å². The summed E-state index contributed by atoms with van der Waals surface area (Å²) in [7, 11) is 0. The molecule has 0 N–H and O–H groups in total. The Balaban J connectivity index is 2.21. The van der Waals surface area contributed by atoms with Crippen LogP contribution in [0.5, 0.6) is 0 Å². The first-order chi connectivity index (χ1) is 14.5. The van der Waals surface area contributed by atoms with Crippen molar-refractivity contribution in [1.29, 1.82) is 0 Å². The first-order valence-electron chi connectivity index (χ1n) is 9.37. The van der Waals surface area contributed by atoms with Crippen LogP contribution in [0.1, 0.15) is 51.1 Å². The van der Waals surface area contributed by atoms with Crippen LogP contribution in [0, 0.1) is 20.8 Å². The first kappa shape index (κ1) is 22.8. The second-order valence-corrected chi connectivity index (χ2v) is 8.11. The fourth-order valence-corrected chi connectivity index (χ4v) is 3.92. The molecule has 3 nitrogen and oxygen atoms in total. The molecule has 0 saturated heterocycles. The van der Waals surface area contributed by atoms with Crippen molar-refractivity contribution in [3.05, 3.63) is 86.3 Å². The van der Waals surface area contributed by atoms with Gasteiger partial charge in [-0.1, -0.05) is 28.1 Å². The zero-order chi connectivity index (χ0) is 22.9. The first-order valence-corrected chi connectivity index (χ1v) is 10.2. The van der Waals surface area contributed by atoms with E-state index in [1.165, 1.54) is 19.1 Å². The fraction of sp³-hybridized carbons (Fsp3) is 0.208. The normalized spacial score (nSPS) is 11.2. The fourth-order valence-electron chi connectivity index (χ4n) is 3.23. The van der Waals surface area contributed by atoms with Crippen LogP contribution >= 0.6 is 15.9 Å². The van der Waals surface area contributed by atoms with Gasteiger partial charge < -0.3 is 4.42 Å². The number of alkyl halides is 3. The lowest BCUT2D eigenvalue weighted by Gasteiger charge is -2.08. The Morgan fingerprint density at radius 2 is 1.61 bits per heavy atom. The quantitative estimate of drug-likeness (QED) is 0.279. The predicted octanol–water partition coefficient (Wildman–Crippen LogP) is 7.62. The Hall–Kier alpha value is -2.89. The predicted molar refractivity (Wildman–Crippen MR) is 118 cm³/mol. The van der Waals surface area contributed by atoms with Gasteiger partial charge in [0.2, 0.25) is 0 Å². The third-order valence-electron chi connectivity index (χ3n) is 4.78. The van der Waals surface area contributed by atoms with Gasteiger partial charge in [0.1, 0.15) is 11.5 Å². The highest BCUT2D eigenvalue weighted by Gasteiger charge is 2.30. The molecule has 0 aliphatic carbocycles. The lowest BCUT2D eigenvalue weighted by atomic mass is 10.0. The summed E-state index contributed by atoms with van der Waals surface area (Å²) in [5, 5.41) is 0. The van der Waals surface area contributed by atoms with Gasteiger partial charge in [0, 0.05) is 4.47 Å². The van der Waals surface area contributed by atoms with Gasteiger partial charge in [0.25, 0.3) is 0 Å². The van der Waals surface area contributed by atoms with Crippen LogP contribution in [0.2, 0.25) is 0 Å². The standard InChI is InChI=1S/C24H19BrF3NO2/c1-13-9-19(25)10-14(2)23(13)29-12-21(22-11-20(15(3)30)16(4)31-22)17-5-7-18(8-6-17)24(26,27)28/h5-11H,1-4H3. The number of ketones is 1. The van der Waals surface area contributed by atoms with E-state index in [9.17, 15) is 18.0 Å². The molecule has 160 valence electrons. The molecule has 3 aromatic rings. The molecule has 7 heteroatoms. The van der Waals surface area contributed by atoms with E-state index in [0.29, 0.717) is 33.9 Å². The van der Waals surface area contributed by atoms with E-state index < -0.39 is 11.7 Å². The van der Waals surface area contributed by atoms with Crippen molar-refractivity contribution in [2.24, 2.45) is 4.99 Å². The van der Waals surface area contributed by atoms with Crippen LogP contribution in [0.4, 0.5) is 18.9 Å². The molecule has 0 saturated carbocycles. The minimum Gasteiger partial charge on any atom is -0.460 e. The molecular formula is C24H19BrF3NO2. The number of benzene rings is 2. The molecule has 0 unspecified atom stereocenters. The minimum atomic E-state index is -4.44. The van der Waals surface area contributed by atoms with Gasteiger partial charge >= 0.3 is 6.18 Å². The van der Waals surface area contributed by atoms with Gasteiger partial charge in [0.15, 0.2) is 5.78 Å². The SMILES string of the molecule is CC(=O)c1cc(C(=C=Nc2c(C)cc(Br)cc2C)c2ccc(C(F)(F)F)cc2)oc1C. The maximum atomic E-state index is 13.0. The van der Waals surface area contributed by atoms with Crippen molar-refractivity contribution in [2.75, 3.05) is 0 Å². The number of aliphatic imine (C=N–C) groups is 1. The van der Waals surface area contributed by atoms with Gasteiger partial charge in [-0.25, -0.2) is 4.99 Å². The molecule has 0 amide bonds. The number of rotatable bonds is 4. The van der Waals surface area contributed by atoms with Crippen LogP contribution in [0.25, 0.3) is 5.57 Å². The number of aryl methyl sites for hydroxylation is 3. The highest BCUT2D eigenvalue weighted by molar-refractivity contribution is 9.10. The van der Waals surface area contributed by atoms with Gasteiger partial charge in [-0.2, -0.15) is 13.2 Å². The molecule has 0 atom stereocenters. The Kier molecular flexibility index (Phi) is 6.39. The lowest BCUT2D eigenvalue weighted by molar-refractivity contribution is -0.137. The maximum absolute atomic E-state index is 13.0. The Labute approximate surface area is 186 Å². The average Bonchev–Trinajstić information content (AvgIpc) is 3.05. The monoisotopic (exact) mass is 489 g/mol. The Morgan fingerprint density at radius 1 is 1.03 bits per heavy atom. The van der Waals surface area contributed by atoms with E-state index >= 15 is 0 Å². The minimum absolute atomic E-state index is 0.171. The maximum Gasteiger partial charge on any atom is 0.416 e. The summed E-state index contributed by atoms with van der Waals surface area (Å²) in [6.07, 6.45) is -4.44. The molecule has 1 aromatic heterocycles. The number of carbonyl (C=O) groups is 1. The van der Waals surface area contributed by atoms with Crippen LogP contribution in [0.15, 0.2) is 56.3 Å². The summed E-state index contributed by atoms with van der Waals surface area (Å²) in [6.45, 7) is 6.89. The second-order valence-electron chi connectivity index (χ2n) is 7.20. The number of furan rings is 1. The zero-order valence-corrected chi connectivity index (χ0v) is 18.9. The average molecular weight is 490 g/mol. The summed E-state index contributed by atoms with van der Waals surface area (Å²) >= 11 is 3.44. The highest BCUT2D eigenvalue weighted by Crippen LogP contribution is 2.32. The smallest absolute Gasteiger partial charge is 0.416 e. The molecule has 0 fully saturated rings. The van der Waals surface area contributed by atoms with Crippen LogP contribution in [0.3, 0.4) is 0 Å². The van der Waals surface area contributed by atoms with Crippen LogP contribution in [-0.2, 0) is 6.18 Å². The third kappa shape index (κ3) is 5.06. The third-order valence-corrected chi connectivity index (χ3v) is 5.24. The topological polar surface area (TPSA) is 42.6 Å². The second kappa shape index (κ2) is 8.69. The number of nitrogens with zero attached hydrogens (tertiary/aromatic N) is 1. The lowest BCUT2D eigenvalue weighted by Crippen LogP contribution is -2.04. The van der Waals surface area contributed by atoms with E-state index in [1.54, 1.807) is 13.0 Å². The van der Waals surface area contributed by atoms with E-state index in [4.69, 9.17) is 4.42 Å². The van der Waals surface area contributed by atoms with Crippen molar-refractivity contribution in [3.8, 4) is 0 Å². The van der Waals surface area contributed by atoms with E-state index in [1.807, 2.05) is 26.0 Å². The van der Waals surface area contributed by atoms with Crippen molar-refractivity contribution < 1.29 is 22.4 Å². The van der Waals surface area contributed by atoms with E-state index in [-0.39, 0.29) is 5.78 Å². The van der Waals surface area contributed by atoms with Crippen LogP contribution in [-0.4, -0.2) is 11.7 Å². The molecule has 0 radical (unpaired) electrons. The van der Waals surface area contributed by atoms with Crippen molar-refractivity contribution >= 4 is 38.8 Å². The molecule has 0 bridgehead atoms. The molecule has 0 aliphatic rings. The van der Waals surface area contributed by atoms with E-state index in [2.05, 4.69) is 26.8 Å². The van der Waals surface area contributed by atoms with Gasteiger partial charge in [-0.3, -0.25) is 4.79 Å². The summed E-state index contributed by atoms with van der Waals surface area (Å²) in [5.74, 6) is 3.50. The number of halogens is 4. The van der Waals surface area contributed by atoms with Crippen molar-refractivity contribution in [2.45, 2.75) is 33.9 Å². The molecule has 0 aliphatic heterocycles. The molecule has 3 rings (SSSR count). The number of hydrogen-bond donors (Lipinski definition) is 0. The van der Waals surface area contributed by atoms with Crippen molar-refractivity contribution in [1.82, 2.24) is 0 Å². The summed E-state index contributed by atoms with van der Waals surface area (Å²) < 4.78 is 45.6. The van der Waals surface area contributed by atoms with Gasteiger partial charge in [-0.15, -0.1) is 0 Å². The summed E-state index contributed by atoms with van der Waals surface area (Å²) in [6, 6.07) is 10.1. The molecule has 2 aromatic carbocycles.